The summed E-state index contributed by atoms with van der Waals surface area (Å²) >= 11 is 0. The SMILES string of the molecule is CC(C)(C)OC(=O)N1CCCC(n2cnc(C(=O)O)n2)C1. The van der Waals surface area contributed by atoms with Gasteiger partial charge >= 0.3 is 12.1 Å². The quantitative estimate of drug-likeness (QED) is 0.889. The largest absolute Gasteiger partial charge is 0.475 e. The van der Waals surface area contributed by atoms with E-state index in [2.05, 4.69) is 10.1 Å². The molecule has 21 heavy (non-hydrogen) atoms. The minimum absolute atomic E-state index is 0.0770. The second kappa shape index (κ2) is 5.71. The van der Waals surface area contributed by atoms with Gasteiger partial charge in [0, 0.05) is 13.1 Å². The van der Waals surface area contributed by atoms with Crippen LogP contribution >= 0.6 is 0 Å². The van der Waals surface area contributed by atoms with E-state index < -0.39 is 11.6 Å². The molecule has 1 aliphatic rings. The van der Waals surface area contributed by atoms with Gasteiger partial charge < -0.3 is 14.7 Å². The Balaban J connectivity index is 2.03. The van der Waals surface area contributed by atoms with Crippen LogP contribution in [0.5, 0.6) is 0 Å². The van der Waals surface area contributed by atoms with Crippen molar-refractivity contribution in [3.05, 3.63) is 12.2 Å². The number of carbonyl (C=O) groups excluding carboxylic acids is 1. The molecule has 0 spiro atoms. The first-order valence-corrected chi connectivity index (χ1v) is 6.88. The van der Waals surface area contributed by atoms with Crippen LogP contribution in [0.1, 0.15) is 50.3 Å². The fourth-order valence-corrected chi connectivity index (χ4v) is 2.21. The summed E-state index contributed by atoms with van der Waals surface area (Å²) in [5, 5.41) is 12.8. The summed E-state index contributed by atoms with van der Waals surface area (Å²) in [4.78, 5) is 28.2. The van der Waals surface area contributed by atoms with E-state index in [1.54, 1.807) is 4.90 Å². The van der Waals surface area contributed by atoms with Gasteiger partial charge in [-0.15, -0.1) is 5.10 Å². The smallest absolute Gasteiger partial charge is 0.410 e. The second-order valence-electron chi connectivity index (χ2n) is 6.08. The number of carbonyl (C=O) groups is 2. The molecule has 1 aromatic heterocycles. The standard InChI is InChI=1S/C13H20N4O4/c1-13(2,3)21-12(20)16-6-4-5-9(7-16)17-8-14-10(15-17)11(18)19/h8-9H,4-7H2,1-3H3,(H,18,19). The monoisotopic (exact) mass is 296 g/mol. The van der Waals surface area contributed by atoms with E-state index in [9.17, 15) is 9.59 Å². The minimum atomic E-state index is -1.16. The van der Waals surface area contributed by atoms with Gasteiger partial charge in [0.05, 0.1) is 6.04 Å². The van der Waals surface area contributed by atoms with Gasteiger partial charge in [-0.3, -0.25) is 0 Å². The Morgan fingerprint density at radius 1 is 1.43 bits per heavy atom. The van der Waals surface area contributed by atoms with E-state index in [4.69, 9.17) is 9.84 Å². The Hall–Kier alpha value is -2.12. The van der Waals surface area contributed by atoms with Gasteiger partial charge in [0.25, 0.3) is 5.82 Å². The van der Waals surface area contributed by atoms with E-state index in [0.717, 1.165) is 12.8 Å². The van der Waals surface area contributed by atoms with Crippen LogP contribution in [-0.2, 0) is 4.74 Å². The number of aromatic nitrogens is 3. The molecule has 8 heteroatoms. The van der Waals surface area contributed by atoms with Crippen molar-refractivity contribution in [2.24, 2.45) is 0 Å². The van der Waals surface area contributed by atoms with Crippen LogP contribution in [0.15, 0.2) is 6.33 Å². The molecule has 0 saturated carbocycles. The lowest BCUT2D eigenvalue weighted by molar-refractivity contribution is 0.0166. The highest BCUT2D eigenvalue weighted by Gasteiger charge is 2.29. The molecule has 0 aromatic carbocycles. The Morgan fingerprint density at radius 3 is 2.71 bits per heavy atom. The highest BCUT2D eigenvalue weighted by Crippen LogP contribution is 2.22. The summed E-state index contributed by atoms with van der Waals surface area (Å²) < 4.78 is 6.87. The maximum atomic E-state index is 12.1. The lowest BCUT2D eigenvalue weighted by Gasteiger charge is -2.33. The predicted octanol–water partition coefficient (Wildman–Crippen LogP) is 1.55. The number of carboxylic acid groups (broad SMARTS) is 1. The Bertz CT molecular complexity index is 535. The molecule has 8 nitrogen and oxygen atoms in total. The van der Waals surface area contributed by atoms with Crippen LogP contribution in [0.25, 0.3) is 0 Å². The molecular formula is C13H20N4O4. The third-order valence-corrected chi connectivity index (χ3v) is 3.12. The third-order valence-electron chi connectivity index (χ3n) is 3.12. The minimum Gasteiger partial charge on any atom is -0.475 e. The number of carboxylic acids is 1. The molecular weight excluding hydrogens is 276 g/mol. The average Bonchev–Trinajstić information content (AvgIpc) is 2.86. The molecule has 116 valence electrons. The van der Waals surface area contributed by atoms with Crippen molar-refractivity contribution in [3.63, 3.8) is 0 Å². The Morgan fingerprint density at radius 2 is 2.14 bits per heavy atom. The number of amides is 1. The highest BCUT2D eigenvalue weighted by atomic mass is 16.6. The number of aromatic carboxylic acids is 1. The van der Waals surface area contributed by atoms with E-state index in [-0.39, 0.29) is 18.0 Å². The number of likely N-dealkylation sites (tertiary alicyclic amines) is 1. The molecule has 1 atom stereocenters. The van der Waals surface area contributed by atoms with E-state index in [1.165, 1.54) is 11.0 Å². The molecule has 1 aliphatic heterocycles. The van der Waals surface area contributed by atoms with Gasteiger partial charge in [-0.2, -0.15) is 0 Å². The van der Waals surface area contributed by atoms with Crippen molar-refractivity contribution >= 4 is 12.1 Å². The van der Waals surface area contributed by atoms with Gasteiger partial charge in [-0.25, -0.2) is 19.3 Å². The number of piperidine rings is 1. The lowest BCUT2D eigenvalue weighted by Crippen LogP contribution is -2.43. The second-order valence-corrected chi connectivity index (χ2v) is 6.08. The van der Waals surface area contributed by atoms with Crippen molar-refractivity contribution in [1.29, 1.82) is 0 Å². The van der Waals surface area contributed by atoms with Crippen molar-refractivity contribution in [3.8, 4) is 0 Å². The van der Waals surface area contributed by atoms with Crippen LogP contribution < -0.4 is 0 Å². The highest BCUT2D eigenvalue weighted by molar-refractivity contribution is 5.82. The Labute approximate surface area is 122 Å². The molecule has 1 saturated heterocycles. The molecule has 1 unspecified atom stereocenters. The van der Waals surface area contributed by atoms with Gasteiger partial charge in [0.1, 0.15) is 11.9 Å². The molecule has 2 heterocycles. The lowest BCUT2D eigenvalue weighted by atomic mass is 10.1. The molecule has 0 radical (unpaired) electrons. The fraction of sp³-hybridized carbons (Fsp3) is 0.692. The fourth-order valence-electron chi connectivity index (χ4n) is 2.21. The van der Waals surface area contributed by atoms with Crippen molar-refractivity contribution in [2.45, 2.75) is 45.3 Å². The van der Waals surface area contributed by atoms with Gasteiger partial charge in [-0.1, -0.05) is 0 Å². The maximum Gasteiger partial charge on any atom is 0.410 e. The molecule has 0 bridgehead atoms. The van der Waals surface area contributed by atoms with Crippen LogP contribution in [0, 0.1) is 0 Å². The first-order chi connectivity index (χ1) is 9.76. The number of hydrogen-bond donors (Lipinski definition) is 1. The summed E-state index contributed by atoms with van der Waals surface area (Å²) in [5.74, 6) is -1.39. The molecule has 0 aliphatic carbocycles. The number of hydrogen-bond acceptors (Lipinski definition) is 5. The normalized spacial score (nSPS) is 19.4. The van der Waals surface area contributed by atoms with Gasteiger partial charge in [0.2, 0.25) is 0 Å². The first-order valence-electron chi connectivity index (χ1n) is 6.88. The van der Waals surface area contributed by atoms with Crippen LogP contribution in [0.4, 0.5) is 4.79 Å². The zero-order chi connectivity index (χ0) is 15.6. The summed E-state index contributed by atoms with van der Waals surface area (Å²) in [6, 6.07) is -0.0770. The van der Waals surface area contributed by atoms with Gasteiger partial charge in [0.15, 0.2) is 0 Å². The Kier molecular flexibility index (Phi) is 4.15. The van der Waals surface area contributed by atoms with E-state index >= 15 is 0 Å². The number of rotatable bonds is 2. The molecule has 1 aromatic rings. The van der Waals surface area contributed by atoms with Crippen molar-refractivity contribution < 1.29 is 19.4 Å². The topological polar surface area (TPSA) is 97.6 Å². The number of ether oxygens (including phenoxy) is 1. The molecule has 1 amide bonds. The zero-order valence-corrected chi connectivity index (χ0v) is 12.4. The first kappa shape index (κ1) is 15.3. The summed E-state index contributed by atoms with van der Waals surface area (Å²) in [5.41, 5.74) is -0.534. The van der Waals surface area contributed by atoms with Crippen LogP contribution in [0.3, 0.4) is 0 Å². The van der Waals surface area contributed by atoms with Crippen molar-refractivity contribution in [2.75, 3.05) is 13.1 Å². The summed E-state index contributed by atoms with van der Waals surface area (Å²) in [7, 11) is 0. The molecule has 1 N–H and O–H groups in total. The summed E-state index contributed by atoms with van der Waals surface area (Å²) in [6.07, 6.45) is 2.67. The van der Waals surface area contributed by atoms with Gasteiger partial charge in [-0.05, 0) is 33.6 Å². The molecule has 2 rings (SSSR count). The zero-order valence-electron chi connectivity index (χ0n) is 12.4. The van der Waals surface area contributed by atoms with E-state index in [0.29, 0.717) is 13.1 Å². The van der Waals surface area contributed by atoms with Crippen LogP contribution in [-0.4, -0.2) is 55.5 Å². The van der Waals surface area contributed by atoms with Crippen LogP contribution in [0.2, 0.25) is 0 Å². The molecule has 1 fully saturated rings. The average molecular weight is 296 g/mol. The van der Waals surface area contributed by atoms with Crippen molar-refractivity contribution in [1.82, 2.24) is 19.7 Å². The summed E-state index contributed by atoms with van der Waals surface area (Å²) in [6.45, 7) is 6.54. The third kappa shape index (κ3) is 3.93. The predicted molar refractivity (Wildman–Crippen MR) is 73.1 cm³/mol. The number of nitrogens with zero attached hydrogens (tertiary/aromatic N) is 4. The maximum absolute atomic E-state index is 12.1. The van der Waals surface area contributed by atoms with E-state index in [1.807, 2.05) is 20.8 Å².